The Hall–Kier alpha value is -3.65. The lowest BCUT2D eigenvalue weighted by Crippen LogP contribution is -2.14. The fourth-order valence-corrected chi connectivity index (χ4v) is 3.41. The SMILES string of the molecule is CC(OC(=O)c1ccccc1OCCOc1ccccc1)c1nnc(-c2cccs2)o1. The van der Waals surface area contributed by atoms with Crippen molar-refractivity contribution in [2.24, 2.45) is 0 Å². The molecule has 8 heteroatoms. The van der Waals surface area contributed by atoms with E-state index in [1.807, 2.05) is 47.8 Å². The molecule has 0 radical (unpaired) electrons. The molecule has 2 aromatic carbocycles. The van der Waals surface area contributed by atoms with Crippen molar-refractivity contribution in [1.29, 1.82) is 0 Å². The summed E-state index contributed by atoms with van der Waals surface area (Å²) in [6.45, 7) is 2.31. The van der Waals surface area contributed by atoms with Crippen LogP contribution < -0.4 is 9.47 Å². The number of carbonyl (C=O) groups is 1. The molecule has 0 spiro atoms. The van der Waals surface area contributed by atoms with Gasteiger partial charge in [-0.15, -0.1) is 21.5 Å². The zero-order valence-corrected chi connectivity index (χ0v) is 17.6. The molecule has 2 aromatic heterocycles. The molecule has 0 aliphatic carbocycles. The van der Waals surface area contributed by atoms with Crippen molar-refractivity contribution < 1.29 is 23.4 Å². The highest BCUT2D eigenvalue weighted by Crippen LogP contribution is 2.27. The highest BCUT2D eigenvalue weighted by Gasteiger charge is 2.22. The van der Waals surface area contributed by atoms with Crippen LogP contribution in [0.2, 0.25) is 0 Å². The maximum Gasteiger partial charge on any atom is 0.342 e. The minimum atomic E-state index is -0.705. The van der Waals surface area contributed by atoms with Gasteiger partial charge in [-0.1, -0.05) is 36.4 Å². The fourth-order valence-electron chi connectivity index (χ4n) is 2.76. The van der Waals surface area contributed by atoms with Gasteiger partial charge in [-0.2, -0.15) is 0 Å². The Morgan fingerprint density at radius 1 is 0.968 bits per heavy atom. The van der Waals surface area contributed by atoms with Gasteiger partial charge >= 0.3 is 5.97 Å². The van der Waals surface area contributed by atoms with Gasteiger partial charge in [0.25, 0.3) is 11.8 Å². The van der Waals surface area contributed by atoms with Crippen LogP contribution >= 0.6 is 11.3 Å². The molecule has 4 aromatic rings. The molecule has 0 amide bonds. The molecule has 158 valence electrons. The van der Waals surface area contributed by atoms with Crippen LogP contribution in [-0.4, -0.2) is 29.4 Å². The first-order valence-electron chi connectivity index (χ1n) is 9.68. The molecule has 7 nitrogen and oxygen atoms in total. The molecular weight excluding hydrogens is 416 g/mol. The van der Waals surface area contributed by atoms with Gasteiger partial charge in [-0.3, -0.25) is 0 Å². The van der Waals surface area contributed by atoms with E-state index < -0.39 is 12.1 Å². The van der Waals surface area contributed by atoms with Gasteiger partial charge in [0.05, 0.1) is 4.88 Å². The number of esters is 1. The van der Waals surface area contributed by atoms with Gasteiger partial charge in [0, 0.05) is 0 Å². The van der Waals surface area contributed by atoms with Crippen molar-refractivity contribution in [3.05, 3.63) is 83.6 Å². The minimum Gasteiger partial charge on any atom is -0.490 e. The van der Waals surface area contributed by atoms with Crippen LogP contribution in [0.3, 0.4) is 0 Å². The van der Waals surface area contributed by atoms with Gasteiger partial charge in [0.15, 0.2) is 6.10 Å². The van der Waals surface area contributed by atoms with E-state index in [1.165, 1.54) is 11.3 Å². The van der Waals surface area contributed by atoms with E-state index in [4.69, 9.17) is 18.6 Å². The van der Waals surface area contributed by atoms with Crippen LogP contribution in [0.5, 0.6) is 11.5 Å². The lowest BCUT2D eigenvalue weighted by atomic mass is 10.2. The number of carbonyl (C=O) groups excluding carboxylic acids is 1. The number of ether oxygens (including phenoxy) is 3. The summed E-state index contributed by atoms with van der Waals surface area (Å²) in [6.07, 6.45) is -0.705. The number of rotatable bonds is 9. The Labute approximate surface area is 183 Å². The number of hydrogen-bond donors (Lipinski definition) is 0. The van der Waals surface area contributed by atoms with E-state index in [2.05, 4.69) is 10.2 Å². The number of aromatic nitrogens is 2. The molecule has 0 saturated heterocycles. The summed E-state index contributed by atoms with van der Waals surface area (Å²) in [4.78, 5) is 13.6. The third kappa shape index (κ3) is 5.29. The molecule has 0 fully saturated rings. The van der Waals surface area contributed by atoms with Crippen LogP contribution in [-0.2, 0) is 4.74 Å². The lowest BCUT2D eigenvalue weighted by molar-refractivity contribution is 0.0275. The third-order valence-corrected chi connectivity index (χ3v) is 5.12. The predicted octanol–water partition coefficient (Wildman–Crippen LogP) is 5.17. The maximum atomic E-state index is 12.7. The van der Waals surface area contributed by atoms with Crippen molar-refractivity contribution in [2.45, 2.75) is 13.0 Å². The van der Waals surface area contributed by atoms with E-state index in [1.54, 1.807) is 31.2 Å². The minimum absolute atomic E-state index is 0.228. The van der Waals surface area contributed by atoms with Crippen LogP contribution in [0.1, 0.15) is 29.3 Å². The van der Waals surface area contributed by atoms with E-state index in [9.17, 15) is 4.79 Å². The number of thiophene rings is 1. The number of nitrogens with zero attached hydrogens (tertiary/aromatic N) is 2. The van der Waals surface area contributed by atoms with E-state index >= 15 is 0 Å². The van der Waals surface area contributed by atoms with Gasteiger partial charge in [-0.05, 0) is 42.6 Å². The van der Waals surface area contributed by atoms with E-state index in [-0.39, 0.29) is 12.5 Å². The first-order chi connectivity index (χ1) is 15.2. The largest absolute Gasteiger partial charge is 0.490 e. The van der Waals surface area contributed by atoms with Crippen molar-refractivity contribution in [1.82, 2.24) is 10.2 Å². The fraction of sp³-hybridized carbons (Fsp3) is 0.174. The van der Waals surface area contributed by atoms with Crippen LogP contribution in [0.15, 0.2) is 76.5 Å². The van der Waals surface area contributed by atoms with Crippen LogP contribution in [0.4, 0.5) is 0 Å². The molecule has 0 aliphatic heterocycles. The highest BCUT2D eigenvalue weighted by molar-refractivity contribution is 7.13. The average molecular weight is 436 g/mol. The first kappa shape index (κ1) is 20.6. The quantitative estimate of drug-likeness (QED) is 0.264. The van der Waals surface area contributed by atoms with Crippen LogP contribution in [0, 0.1) is 0 Å². The summed E-state index contributed by atoms with van der Waals surface area (Å²) >= 11 is 1.49. The molecule has 0 aliphatic rings. The first-order valence-corrected chi connectivity index (χ1v) is 10.6. The summed E-state index contributed by atoms with van der Waals surface area (Å²) in [5.41, 5.74) is 0.312. The molecule has 0 N–H and O–H groups in total. The Morgan fingerprint density at radius 3 is 2.55 bits per heavy atom. The Balaban J connectivity index is 1.35. The van der Waals surface area contributed by atoms with Crippen molar-refractivity contribution in [3.8, 4) is 22.3 Å². The average Bonchev–Trinajstić information content (AvgIpc) is 3.50. The summed E-state index contributed by atoms with van der Waals surface area (Å²) in [7, 11) is 0. The Morgan fingerprint density at radius 2 is 1.74 bits per heavy atom. The number of para-hydroxylation sites is 2. The van der Waals surface area contributed by atoms with Crippen molar-refractivity contribution in [3.63, 3.8) is 0 Å². The smallest absolute Gasteiger partial charge is 0.342 e. The molecule has 0 saturated carbocycles. The second-order valence-electron chi connectivity index (χ2n) is 6.48. The monoisotopic (exact) mass is 436 g/mol. The molecule has 0 bridgehead atoms. The van der Waals surface area contributed by atoms with E-state index in [0.717, 1.165) is 10.6 Å². The Kier molecular flexibility index (Phi) is 6.59. The molecule has 1 unspecified atom stereocenters. The summed E-state index contributed by atoms with van der Waals surface area (Å²) in [5.74, 6) is 1.26. The van der Waals surface area contributed by atoms with Crippen LogP contribution in [0.25, 0.3) is 10.8 Å². The summed E-state index contributed by atoms with van der Waals surface area (Å²) < 4.78 is 22.5. The predicted molar refractivity (Wildman–Crippen MR) is 115 cm³/mol. The maximum absolute atomic E-state index is 12.7. The number of hydrogen-bond acceptors (Lipinski definition) is 8. The number of benzene rings is 2. The van der Waals surface area contributed by atoms with Gasteiger partial charge in [-0.25, -0.2) is 4.79 Å². The second-order valence-corrected chi connectivity index (χ2v) is 7.42. The molecule has 2 heterocycles. The molecule has 1 atom stereocenters. The zero-order valence-electron chi connectivity index (χ0n) is 16.8. The summed E-state index contributed by atoms with van der Waals surface area (Å²) in [6, 6.07) is 20.1. The van der Waals surface area contributed by atoms with Gasteiger partial charge in [0.2, 0.25) is 0 Å². The molecular formula is C23H20N2O5S. The summed E-state index contributed by atoms with van der Waals surface area (Å²) in [5, 5.41) is 9.93. The molecule has 4 rings (SSSR count). The van der Waals surface area contributed by atoms with Crippen molar-refractivity contribution in [2.75, 3.05) is 13.2 Å². The lowest BCUT2D eigenvalue weighted by Gasteiger charge is -2.13. The third-order valence-electron chi connectivity index (χ3n) is 4.26. The van der Waals surface area contributed by atoms with Gasteiger partial charge < -0.3 is 18.6 Å². The van der Waals surface area contributed by atoms with E-state index in [0.29, 0.717) is 23.8 Å². The van der Waals surface area contributed by atoms with Crippen molar-refractivity contribution >= 4 is 17.3 Å². The van der Waals surface area contributed by atoms with Gasteiger partial charge in [0.1, 0.15) is 30.3 Å². The topological polar surface area (TPSA) is 83.7 Å². The Bertz CT molecular complexity index is 1110. The second kappa shape index (κ2) is 9.90. The zero-order chi connectivity index (χ0) is 21.5. The molecule has 31 heavy (non-hydrogen) atoms. The highest BCUT2D eigenvalue weighted by atomic mass is 32.1. The standard InChI is InChI=1S/C23H20N2O5S/c1-16(21-24-25-22(30-21)20-12-7-15-31-20)29-23(26)18-10-5-6-11-19(18)28-14-13-27-17-8-3-2-4-9-17/h2-12,15-16H,13-14H2,1H3. The normalized spacial score (nSPS) is 11.6.